The van der Waals surface area contributed by atoms with Crippen molar-refractivity contribution in [3.8, 4) is 0 Å². The summed E-state index contributed by atoms with van der Waals surface area (Å²) in [4.78, 5) is 56.4. The van der Waals surface area contributed by atoms with Crippen LogP contribution in [0.15, 0.2) is 51.8 Å². The Hall–Kier alpha value is -3.47. The second-order valence-corrected chi connectivity index (χ2v) is 13.0. The average Bonchev–Trinajstić information content (AvgIpc) is 3.35. The molecule has 1 aliphatic heterocycles. The van der Waals surface area contributed by atoms with Crippen LogP contribution in [0.4, 0.5) is 5.13 Å². The van der Waals surface area contributed by atoms with Gasteiger partial charge in [-0.1, -0.05) is 29.9 Å². The van der Waals surface area contributed by atoms with Crippen LogP contribution in [0.5, 0.6) is 0 Å². The van der Waals surface area contributed by atoms with Crippen molar-refractivity contribution in [1.82, 2.24) is 15.2 Å². The Morgan fingerprint density at radius 3 is 2.69 bits per heavy atom. The van der Waals surface area contributed by atoms with Crippen LogP contribution >= 0.6 is 33.7 Å². The van der Waals surface area contributed by atoms with E-state index in [-0.39, 0.29) is 38.0 Å². The maximum atomic E-state index is 13.6. The molecule has 2 unspecified atom stereocenters. The molecular formula is C22H22ClN5O8S3. The molecule has 1 aromatic carbocycles. The molecular weight excluding hydrogens is 594 g/mol. The predicted octanol–water partition coefficient (Wildman–Crippen LogP) is 1.40. The first-order valence-electron chi connectivity index (χ1n) is 10.8. The minimum absolute atomic E-state index is 0.0141. The molecule has 0 aliphatic carbocycles. The first-order chi connectivity index (χ1) is 18.4. The van der Waals surface area contributed by atoms with Crippen molar-refractivity contribution >= 4 is 77.6 Å². The van der Waals surface area contributed by atoms with Gasteiger partial charge in [0.15, 0.2) is 15.7 Å². The van der Waals surface area contributed by atoms with Gasteiger partial charge >= 0.3 is 5.97 Å². The first kappa shape index (κ1) is 30.1. The summed E-state index contributed by atoms with van der Waals surface area (Å²) in [6, 6.07) is 4.49. The lowest BCUT2D eigenvalue weighted by molar-refractivity contribution is -0.159. The van der Waals surface area contributed by atoms with E-state index in [4.69, 9.17) is 16.4 Å². The van der Waals surface area contributed by atoms with Crippen molar-refractivity contribution in [2.75, 3.05) is 24.9 Å². The highest BCUT2D eigenvalue weighted by molar-refractivity contribution is 8.72. The molecule has 3 N–H and O–H groups in total. The number of nitrogens with zero attached hydrogens (tertiary/aromatic N) is 3. The highest BCUT2D eigenvalue weighted by atomic mass is 35.5. The molecule has 2 atom stereocenters. The molecule has 1 saturated heterocycles. The van der Waals surface area contributed by atoms with E-state index in [0.717, 1.165) is 23.3 Å². The van der Waals surface area contributed by atoms with Gasteiger partial charge in [-0.05, 0) is 24.1 Å². The van der Waals surface area contributed by atoms with Gasteiger partial charge in [-0.25, -0.2) is 13.4 Å². The second-order valence-electron chi connectivity index (χ2n) is 7.88. The van der Waals surface area contributed by atoms with E-state index < -0.39 is 49.8 Å². The molecule has 39 heavy (non-hydrogen) atoms. The van der Waals surface area contributed by atoms with Gasteiger partial charge in [-0.15, -0.1) is 22.9 Å². The van der Waals surface area contributed by atoms with Gasteiger partial charge in [0.2, 0.25) is 15.3 Å². The van der Waals surface area contributed by atoms with Crippen LogP contribution in [-0.4, -0.2) is 83.8 Å². The number of carbonyl (C=O) groups excluding carboxylic acids is 3. The summed E-state index contributed by atoms with van der Waals surface area (Å²) in [5, 5.41) is 19.4. The summed E-state index contributed by atoms with van der Waals surface area (Å²) in [6.45, 7) is 4.51. The number of benzene rings is 1. The molecule has 3 amide bonds. The molecule has 2 aromatic rings. The number of aryl methyl sites for hydroxylation is 1. The molecule has 0 spiro atoms. The molecule has 1 aliphatic rings. The molecule has 17 heteroatoms. The van der Waals surface area contributed by atoms with Crippen LogP contribution < -0.4 is 10.6 Å². The van der Waals surface area contributed by atoms with Crippen molar-refractivity contribution in [3.05, 3.63) is 53.1 Å². The van der Waals surface area contributed by atoms with Crippen LogP contribution in [0.3, 0.4) is 0 Å². The summed E-state index contributed by atoms with van der Waals surface area (Å²) in [5.74, 6) is -3.66. The zero-order chi connectivity index (χ0) is 29.0. The van der Waals surface area contributed by atoms with E-state index in [2.05, 4.69) is 27.4 Å². The number of nitrogens with one attached hydrogen (secondary N) is 2. The van der Waals surface area contributed by atoms with Gasteiger partial charge in [0.25, 0.3) is 11.8 Å². The molecule has 13 nitrogen and oxygen atoms in total. The normalized spacial score (nSPS) is 19.2. The number of thiazole rings is 1. The van der Waals surface area contributed by atoms with Gasteiger partial charge in [0.05, 0.1) is 4.90 Å². The van der Waals surface area contributed by atoms with Crippen molar-refractivity contribution < 1.29 is 37.5 Å². The van der Waals surface area contributed by atoms with Crippen LogP contribution in [-0.2, 0) is 32.9 Å². The molecule has 3 rings (SSSR count). The number of alkyl halides is 1. The quantitative estimate of drug-likeness (QED) is 0.0566. The highest BCUT2D eigenvalue weighted by Crippen LogP contribution is 2.51. The van der Waals surface area contributed by atoms with Gasteiger partial charge in [0.1, 0.15) is 25.4 Å². The smallest absolute Gasteiger partial charge is 0.323 e. The zero-order valence-corrected chi connectivity index (χ0v) is 23.6. The van der Waals surface area contributed by atoms with E-state index in [1.54, 1.807) is 19.1 Å². The van der Waals surface area contributed by atoms with Crippen LogP contribution in [0, 0.1) is 6.92 Å². The average molecular weight is 616 g/mol. The summed E-state index contributed by atoms with van der Waals surface area (Å²) >= 11 is 7.04. The number of halogens is 1. The van der Waals surface area contributed by atoms with Crippen LogP contribution in [0.25, 0.3) is 0 Å². The number of anilines is 1. The number of carboxylic acids is 1. The molecule has 1 fully saturated rings. The number of β-lactam (4-membered cyclic amide) rings is 1. The number of carbonyl (C=O) groups is 4. The predicted molar refractivity (Wildman–Crippen MR) is 145 cm³/mol. The third-order valence-electron chi connectivity index (χ3n) is 5.47. The number of aromatic nitrogens is 1. The van der Waals surface area contributed by atoms with Gasteiger partial charge in [-0.2, -0.15) is 0 Å². The number of hydrogen-bond donors (Lipinski definition) is 3. The SMILES string of the molecule is C=C(CCl)C1(SS(=O)(=O)c2ccccc2C)C(NC(=O)C(=NOC)c2csc(NC=O)n2)C(=O)N1CC(=O)O. The fourth-order valence-electron chi connectivity index (χ4n) is 3.75. The lowest BCUT2D eigenvalue weighted by atomic mass is 9.88. The van der Waals surface area contributed by atoms with Crippen LogP contribution in [0.2, 0.25) is 0 Å². The summed E-state index contributed by atoms with van der Waals surface area (Å²) in [5.41, 5.74) is -0.0339. The van der Waals surface area contributed by atoms with Crippen LogP contribution in [0.1, 0.15) is 11.3 Å². The maximum absolute atomic E-state index is 13.6. The minimum Gasteiger partial charge on any atom is -0.480 e. The topological polar surface area (TPSA) is 184 Å². The van der Waals surface area contributed by atoms with E-state index >= 15 is 0 Å². The lowest BCUT2D eigenvalue weighted by Crippen LogP contribution is -2.79. The second kappa shape index (κ2) is 12.1. The maximum Gasteiger partial charge on any atom is 0.323 e. The number of amides is 3. The number of carboxylic acid groups (broad SMARTS) is 1. The third kappa shape index (κ3) is 5.93. The van der Waals surface area contributed by atoms with Crippen molar-refractivity contribution in [2.45, 2.75) is 22.7 Å². The van der Waals surface area contributed by atoms with Gasteiger partial charge < -0.3 is 25.5 Å². The van der Waals surface area contributed by atoms with Gasteiger partial charge in [0, 0.05) is 22.1 Å². The number of hydrogen-bond acceptors (Lipinski definition) is 11. The van der Waals surface area contributed by atoms with Crippen molar-refractivity contribution in [1.29, 1.82) is 0 Å². The van der Waals surface area contributed by atoms with E-state index in [0.29, 0.717) is 12.0 Å². The number of likely N-dealkylation sites (tertiary alicyclic amines) is 1. The summed E-state index contributed by atoms with van der Waals surface area (Å²) in [6.07, 6.45) is 0.387. The Morgan fingerprint density at radius 1 is 1.41 bits per heavy atom. The third-order valence-corrected chi connectivity index (χ3v) is 10.7. The molecule has 208 valence electrons. The van der Waals surface area contributed by atoms with Crippen molar-refractivity contribution in [3.63, 3.8) is 0 Å². The number of rotatable bonds is 13. The summed E-state index contributed by atoms with van der Waals surface area (Å²) in [7, 11) is -2.84. The Kier molecular flexibility index (Phi) is 9.37. The van der Waals surface area contributed by atoms with E-state index in [1.165, 1.54) is 17.5 Å². The fraction of sp³-hybridized carbons (Fsp3) is 0.273. The minimum atomic E-state index is -4.26. The lowest BCUT2D eigenvalue weighted by Gasteiger charge is -2.56. The Labute approximate surface area is 235 Å². The van der Waals surface area contributed by atoms with Crippen molar-refractivity contribution in [2.24, 2.45) is 5.16 Å². The monoisotopic (exact) mass is 615 g/mol. The largest absolute Gasteiger partial charge is 0.480 e. The van der Waals surface area contributed by atoms with E-state index in [9.17, 15) is 32.7 Å². The molecule has 0 saturated carbocycles. The van der Waals surface area contributed by atoms with Gasteiger partial charge in [-0.3, -0.25) is 19.2 Å². The number of aliphatic carboxylic acids is 1. The molecule has 0 radical (unpaired) electrons. The fourth-order valence-corrected chi connectivity index (χ4v) is 9.26. The Balaban J connectivity index is 2.07. The number of oxime groups is 1. The first-order valence-corrected chi connectivity index (χ1v) is 15.0. The molecule has 0 bridgehead atoms. The summed E-state index contributed by atoms with van der Waals surface area (Å²) < 4.78 is 27.1. The molecule has 1 aromatic heterocycles. The Morgan fingerprint density at radius 2 is 2.10 bits per heavy atom. The zero-order valence-electron chi connectivity index (χ0n) is 20.4. The van der Waals surface area contributed by atoms with E-state index in [1.807, 2.05) is 0 Å². The highest BCUT2D eigenvalue weighted by Gasteiger charge is 2.65. The Bertz CT molecular complexity index is 1460. The molecule has 2 heterocycles. The standard InChI is InChI=1S/C22H22ClN5O8S3/c1-12-6-4-5-7-15(12)39(34,35)38-22(13(2)8-23)18(20(33)28(22)9-16(30)31)26-19(32)17(27-36-3)14-10-37-21(25-14)24-11-29/h4-7,10-11,18H,2,8-9H2,1,3H3,(H,26,32)(H,30,31)(H,24,25,29).